The smallest absolute Gasteiger partial charge is 0.239 e. The zero-order valence-electron chi connectivity index (χ0n) is 24.7. The molecule has 0 aliphatic rings. The average Bonchev–Trinajstić information content (AvgIpc) is 3.64. The van der Waals surface area contributed by atoms with Crippen molar-refractivity contribution in [2.24, 2.45) is 5.90 Å². The first-order valence-electron chi connectivity index (χ1n) is 12.9. The topological polar surface area (TPSA) is 159 Å². The van der Waals surface area contributed by atoms with Crippen LogP contribution in [0.2, 0.25) is 0 Å². The van der Waals surface area contributed by atoms with Crippen LogP contribution in [0.15, 0.2) is 72.8 Å². The molecule has 0 spiro atoms. The molecule has 0 saturated heterocycles. The number of rotatable bonds is 11. The van der Waals surface area contributed by atoms with Crippen molar-refractivity contribution in [3.05, 3.63) is 93.7 Å². The van der Waals surface area contributed by atoms with Crippen LogP contribution in [-0.2, 0) is 40.4 Å². The van der Waals surface area contributed by atoms with E-state index in [-0.39, 0.29) is 22.6 Å². The molecule has 2 aromatic heterocycles. The van der Waals surface area contributed by atoms with Crippen LogP contribution in [0, 0.1) is 0 Å². The van der Waals surface area contributed by atoms with Gasteiger partial charge >= 0.3 is 0 Å². The van der Waals surface area contributed by atoms with Crippen LogP contribution in [0.1, 0.15) is 58.2 Å². The summed E-state index contributed by atoms with van der Waals surface area (Å²) >= 11 is 8.62. The molecule has 10 nitrogen and oxygen atoms in total. The van der Waals surface area contributed by atoms with Gasteiger partial charge in [0.15, 0.2) is 11.6 Å². The fourth-order valence-electron chi connectivity index (χ4n) is 3.59. The molecule has 15 heteroatoms. The summed E-state index contributed by atoms with van der Waals surface area (Å²) in [5.41, 5.74) is 3.60. The second kappa shape index (κ2) is 18.7. The second-order valence-corrected chi connectivity index (χ2v) is 14.2. The summed E-state index contributed by atoms with van der Waals surface area (Å²) in [4.78, 5) is 50.2. The van der Waals surface area contributed by atoms with Crippen LogP contribution in [0.25, 0.3) is 20.9 Å². The van der Waals surface area contributed by atoms with E-state index in [0.717, 1.165) is 50.3 Å². The Balaban J connectivity index is 0.000000283. The van der Waals surface area contributed by atoms with Gasteiger partial charge in [-0.25, -0.2) is 8.42 Å². The van der Waals surface area contributed by atoms with Crippen molar-refractivity contribution in [1.82, 2.24) is 4.72 Å². The number of hydrogen-bond acceptors (Lipinski definition) is 12. The van der Waals surface area contributed by atoms with Crippen molar-refractivity contribution in [2.45, 2.75) is 39.2 Å². The molecule has 4 aromatic rings. The van der Waals surface area contributed by atoms with E-state index in [9.17, 15) is 27.6 Å². The molecule has 1 amide bonds. The summed E-state index contributed by atoms with van der Waals surface area (Å²) in [6, 6.07) is 22.5. The van der Waals surface area contributed by atoms with E-state index in [2.05, 4.69) is 27.0 Å². The Morgan fingerprint density at radius 2 is 1.27 bits per heavy atom. The van der Waals surface area contributed by atoms with E-state index in [1.807, 2.05) is 47.2 Å². The molecule has 0 bridgehead atoms. The Kier molecular flexibility index (Phi) is 15.8. The van der Waals surface area contributed by atoms with Crippen LogP contribution in [0.5, 0.6) is 0 Å². The van der Waals surface area contributed by atoms with Gasteiger partial charge in [-0.05, 0) is 84.1 Å². The van der Waals surface area contributed by atoms with Gasteiger partial charge in [0.05, 0.1) is 15.5 Å². The van der Waals surface area contributed by atoms with E-state index in [1.165, 1.54) is 36.5 Å². The molecule has 45 heavy (non-hydrogen) atoms. The Bertz CT molecular complexity index is 1730. The summed E-state index contributed by atoms with van der Waals surface area (Å²) in [5, 5.41) is -0.361. The number of amides is 1. The lowest BCUT2D eigenvalue weighted by Gasteiger charge is -2.06. The normalized spacial score (nSPS) is 10.5. The Labute approximate surface area is 279 Å². The van der Waals surface area contributed by atoms with Crippen molar-refractivity contribution in [3.63, 3.8) is 0 Å². The molecule has 2 heterocycles. The van der Waals surface area contributed by atoms with Gasteiger partial charge in [0.2, 0.25) is 21.2 Å². The quantitative estimate of drug-likeness (QED) is 0.0417. The van der Waals surface area contributed by atoms with Crippen molar-refractivity contribution >= 4 is 79.1 Å². The Morgan fingerprint density at radius 1 is 0.800 bits per heavy atom. The first-order valence-corrected chi connectivity index (χ1v) is 17.5. The third-order valence-corrected chi connectivity index (χ3v) is 9.71. The summed E-state index contributed by atoms with van der Waals surface area (Å²) < 4.78 is 30.1. The van der Waals surface area contributed by atoms with E-state index >= 15 is 0 Å². The second-order valence-electron chi connectivity index (χ2n) is 9.15. The van der Waals surface area contributed by atoms with Crippen molar-refractivity contribution in [2.75, 3.05) is 0 Å². The lowest BCUT2D eigenvalue weighted by atomic mass is 10.1. The van der Waals surface area contributed by atoms with Crippen molar-refractivity contribution in [1.29, 1.82) is 0 Å². The number of Topliss-reactive ketones (excluding diaryl/α,β-unsaturated/α-hetero) is 2. The maximum atomic E-state index is 11.8. The van der Waals surface area contributed by atoms with Crippen LogP contribution in [0.3, 0.4) is 0 Å². The monoisotopic (exact) mass is 710 g/mol. The molecule has 240 valence electrons. The number of nitrogens with one attached hydrogen (secondary N) is 1. The number of halogens is 1. The highest BCUT2D eigenvalue weighted by Crippen LogP contribution is 2.30. The predicted octanol–water partition coefficient (Wildman–Crippen LogP) is 6.94. The highest BCUT2D eigenvalue weighted by Gasteiger charge is 2.14. The van der Waals surface area contributed by atoms with Crippen molar-refractivity contribution < 1.29 is 36.9 Å². The minimum absolute atomic E-state index is 0.000593. The minimum Gasteiger partial charge on any atom is -0.294 e. The molecular formula is C30H31ClN2O8S4. The number of hydrogen-bond donors (Lipinski definition) is 2. The van der Waals surface area contributed by atoms with Gasteiger partial charge in [0, 0.05) is 41.4 Å². The molecule has 0 fully saturated rings. The minimum atomic E-state index is -3.69. The molecule has 0 aliphatic heterocycles. The van der Waals surface area contributed by atoms with Crippen LogP contribution < -0.4 is 10.6 Å². The molecule has 0 unspecified atom stereocenters. The number of thiophene rings is 2. The molecule has 4 rings (SSSR count). The van der Waals surface area contributed by atoms with Crippen LogP contribution in [0.4, 0.5) is 0 Å². The Morgan fingerprint density at radius 3 is 1.69 bits per heavy atom. The van der Waals surface area contributed by atoms with E-state index in [0.29, 0.717) is 16.2 Å². The summed E-state index contributed by atoms with van der Waals surface area (Å²) in [5.74, 6) is 4.62. The van der Waals surface area contributed by atoms with Gasteiger partial charge in [-0.3, -0.25) is 23.9 Å². The summed E-state index contributed by atoms with van der Waals surface area (Å²) in [7, 11) is -3.69. The van der Waals surface area contributed by atoms with Gasteiger partial charge in [-0.1, -0.05) is 36.4 Å². The first kappa shape index (κ1) is 38.0. The maximum Gasteiger partial charge on any atom is 0.239 e. The fraction of sp³-hybridized carbons (Fsp3) is 0.200. The molecule has 3 N–H and O–H groups in total. The SMILES string of the molecule is CC(=O)Cl.CC(=O)NS(=O)(=O)Cc1cccc(-c2ccc(C(C)=O)s2)c1.CC(=O)c1ccc(-c2cccc(CSOON)c2)s1. The highest BCUT2D eigenvalue weighted by molar-refractivity contribution is 7.93. The Hall–Kier alpha value is -3.21. The van der Waals surface area contributed by atoms with E-state index < -0.39 is 15.9 Å². The number of nitrogens with two attached hydrogens (primary N) is 1. The zero-order valence-corrected chi connectivity index (χ0v) is 28.7. The molecular weight excluding hydrogens is 680 g/mol. The van der Waals surface area contributed by atoms with Crippen molar-refractivity contribution in [3.8, 4) is 20.9 Å². The third-order valence-electron chi connectivity index (χ3n) is 5.30. The molecule has 0 radical (unpaired) electrons. The maximum absolute atomic E-state index is 11.8. The number of carbonyl (C=O) groups is 4. The zero-order chi connectivity index (χ0) is 33.6. The van der Waals surface area contributed by atoms with Gasteiger partial charge in [0.1, 0.15) is 0 Å². The molecule has 2 aromatic carbocycles. The van der Waals surface area contributed by atoms with Crippen LogP contribution in [-0.4, -0.2) is 31.1 Å². The summed E-state index contributed by atoms with van der Waals surface area (Å²) in [6.45, 7) is 5.53. The number of ketones is 2. The standard InChI is InChI=1S/C15H15NO4S2.C13H13NO3S2.C2H3ClO/c1-10(17)14-6-7-15(21-14)13-5-3-4-12(8-13)9-22(19,20)16-11(2)18;1-9(15)12-5-6-13(19-12)11-4-2-3-10(7-11)8-18-17-16-14;1-2(3)4/h3-8H,9H2,1-2H3,(H,16,18);2-7H,8,14H2,1H3;1H3. The fourth-order valence-corrected chi connectivity index (χ4v) is 6.93. The number of sulfonamides is 1. The van der Waals surface area contributed by atoms with Gasteiger partial charge in [-0.15, -0.1) is 32.0 Å². The van der Waals surface area contributed by atoms with Gasteiger partial charge in [-0.2, -0.15) is 5.90 Å². The van der Waals surface area contributed by atoms with Gasteiger partial charge < -0.3 is 0 Å². The summed E-state index contributed by atoms with van der Waals surface area (Å²) in [6.07, 6.45) is 0. The third kappa shape index (κ3) is 14.2. The van der Waals surface area contributed by atoms with E-state index in [4.69, 9.17) is 5.90 Å². The lowest BCUT2D eigenvalue weighted by Crippen LogP contribution is -2.29. The molecule has 0 atom stereocenters. The molecule has 0 saturated carbocycles. The highest BCUT2D eigenvalue weighted by atomic mass is 35.5. The molecule has 0 aliphatic carbocycles. The number of benzene rings is 2. The predicted molar refractivity (Wildman–Crippen MR) is 180 cm³/mol. The van der Waals surface area contributed by atoms with E-state index in [1.54, 1.807) is 31.2 Å². The lowest BCUT2D eigenvalue weighted by molar-refractivity contribution is -0.195. The largest absolute Gasteiger partial charge is 0.294 e. The number of carbonyl (C=O) groups excluding carboxylic acids is 4. The first-order chi connectivity index (χ1) is 21.2. The van der Waals surface area contributed by atoms with Crippen LogP contribution >= 0.6 is 46.3 Å². The van der Waals surface area contributed by atoms with Gasteiger partial charge in [0.25, 0.3) is 0 Å². The average molecular weight is 711 g/mol.